The number of hydrogen-bond acceptors (Lipinski definition) is 6. The van der Waals surface area contributed by atoms with Gasteiger partial charge in [0, 0.05) is 48.7 Å². The molecule has 8 nitrogen and oxygen atoms in total. The molecule has 0 saturated carbocycles. The molecular formula is C18H17N3O5. The highest BCUT2D eigenvalue weighted by Crippen LogP contribution is 2.35. The smallest absolute Gasteiger partial charge is 0.269 e. The molecule has 0 aromatic heterocycles. The number of rotatable bonds is 4. The fourth-order valence-electron chi connectivity index (χ4n) is 3.22. The van der Waals surface area contributed by atoms with E-state index in [0.29, 0.717) is 6.42 Å². The minimum atomic E-state index is -0.467. The molecule has 1 N–H and O–H groups in total. The van der Waals surface area contributed by atoms with E-state index in [0.717, 1.165) is 11.1 Å². The van der Waals surface area contributed by atoms with Gasteiger partial charge in [-0.05, 0) is 11.1 Å². The molecule has 0 aliphatic carbocycles. The lowest BCUT2D eigenvalue weighted by Crippen LogP contribution is -2.41. The van der Waals surface area contributed by atoms with E-state index in [-0.39, 0.29) is 35.2 Å². The van der Waals surface area contributed by atoms with E-state index in [1.165, 1.54) is 24.3 Å². The molecule has 0 bridgehead atoms. The number of nitrogens with one attached hydrogen (secondary N) is 1. The van der Waals surface area contributed by atoms with Crippen molar-refractivity contribution >= 4 is 17.2 Å². The fraction of sp³-hybridized carbons (Fsp3) is 0.278. The van der Waals surface area contributed by atoms with Gasteiger partial charge >= 0.3 is 0 Å². The third kappa shape index (κ3) is 3.45. The molecule has 26 heavy (non-hydrogen) atoms. The maximum absolute atomic E-state index is 12.5. The van der Waals surface area contributed by atoms with E-state index in [9.17, 15) is 25.0 Å². The number of non-ortho nitro benzene ring substituents is 2. The van der Waals surface area contributed by atoms with E-state index >= 15 is 0 Å². The molecule has 0 unspecified atom stereocenters. The summed E-state index contributed by atoms with van der Waals surface area (Å²) >= 11 is 0. The van der Waals surface area contributed by atoms with Crippen LogP contribution in [0.1, 0.15) is 36.6 Å². The molecule has 1 aliphatic rings. The second kappa shape index (κ2) is 7.01. The Balaban J connectivity index is 1.85. The van der Waals surface area contributed by atoms with Crippen LogP contribution in [0.15, 0.2) is 48.5 Å². The second-order valence-corrected chi connectivity index (χ2v) is 6.35. The van der Waals surface area contributed by atoms with Crippen molar-refractivity contribution in [3.63, 3.8) is 0 Å². The van der Waals surface area contributed by atoms with Crippen LogP contribution in [-0.2, 0) is 4.79 Å². The summed E-state index contributed by atoms with van der Waals surface area (Å²) in [6.07, 6.45) is 0.294. The Bertz CT molecular complexity index is 848. The Morgan fingerprint density at radius 1 is 0.885 bits per heavy atom. The first-order chi connectivity index (χ1) is 12.4. The van der Waals surface area contributed by atoms with Crippen LogP contribution in [0.3, 0.4) is 0 Å². The Labute approximate surface area is 149 Å². The molecule has 1 fully saturated rings. The van der Waals surface area contributed by atoms with Gasteiger partial charge in [0.05, 0.1) is 9.85 Å². The van der Waals surface area contributed by atoms with Crippen LogP contribution < -0.4 is 5.32 Å². The summed E-state index contributed by atoms with van der Waals surface area (Å²) in [6.45, 7) is 1.83. The van der Waals surface area contributed by atoms with E-state index in [1.807, 2.05) is 6.92 Å². The number of piperidine rings is 1. The summed E-state index contributed by atoms with van der Waals surface area (Å²) < 4.78 is 0. The van der Waals surface area contributed by atoms with E-state index in [2.05, 4.69) is 5.32 Å². The summed E-state index contributed by atoms with van der Waals surface area (Å²) in [5, 5.41) is 25.0. The molecule has 1 aliphatic heterocycles. The normalized spacial score (nSPS) is 22.8. The molecular weight excluding hydrogens is 338 g/mol. The van der Waals surface area contributed by atoms with Crippen LogP contribution in [0, 0.1) is 26.1 Å². The minimum Gasteiger partial charge on any atom is -0.302 e. The van der Waals surface area contributed by atoms with Crippen LogP contribution in [0.2, 0.25) is 0 Å². The Hall–Kier alpha value is -3.13. The summed E-state index contributed by atoms with van der Waals surface area (Å²) in [5.41, 5.74) is 1.58. The van der Waals surface area contributed by atoms with Crippen molar-refractivity contribution < 1.29 is 14.6 Å². The summed E-state index contributed by atoms with van der Waals surface area (Å²) in [6, 6.07) is 11.7. The lowest BCUT2D eigenvalue weighted by Gasteiger charge is -2.35. The van der Waals surface area contributed by atoms with Gasteiger partial charge in [-0.15, -0.1) is 0 Å². The standard InChI is InChI=1S/C18H17N3O5/c1-11-17(22)10-16(12-2-6-14(7-3-12)20(23)24)19-18(11)13-4-8-15(9-5-13)21(25)26/h2-9,11,16,18-19H,10H2,1H3/t11-,16-,18-/m0/s1. The van der Waals surface area contributed by atoms with Gasteiger partial charge in [-0.2, -0.15) is 0 Å². The molecule has 3 atom stereocenters. The lowest BCUT2D eigenvalue weighted by atomic mass is 9.82. The molecule has 0 spiro atoms. The first-order valence-electron chi connectivity index (χ1n) is 8.14. The number of hydrogen-bond donors (Lipinski definition) is 1. The molecule has 134 valence electrons. The Morgan fingerprint density at radius 3 is 1.81 bits per heavy atom. The van der Waals surface area contributed by atoms with Gasteiger partial charge in [-0.1, -0.05) is 31.2 Å². The van der Waals surface area contributed by atoms with Gasteiger partial charge in [0.25, 0.3) is 11.4 Å². The van der Waals surface area contributed by atoms with E-state index in [1.54, 1.807) is 24.3 Å². The highest BCUT2D eigenvalue weighted by atomic mass is 16.6. The molecule has 3 rings (SSSR count). The maximum Gasteiger partial charge on any atom is 0.269 e. The maximum atomic E-state index is 12.5. The third-order valence-corrected chi connectivity index (χ3v) is 4.76. The Morgan fingerprint density at radius 2 is 1.35 bits per heavy atom. The number of nitro benzene ring substituents is 2. The fourth-order valence-corrected chi connectivity index (χ4v) is 3.22. The number of benzene rings is 2. The van der Waals surface area contributed by atoms with Crippen molar-refractivity contribution in [1.82, 2.24) is 5.32 Å². The number of ketones is 1. The van der Waals surface area contributed by atoms with Gasteiger partial charge < -0.3 is 5.32 Å². The van der Waals surface area contributed by atoms with Gasteiger partial charge in [-0.3, -0.25) is 25.0 Å². The highest BCUT2D eigenvalue weighted by Gasteiger charge is 2.35. The highest BCUT2D eigenvalue weighted by molar-refractivity contribution is 5.83. The van der Waals surface area contributed by atoms with Crippen molar-refractivity contribution in [2.24, 2.45) is 5.92 Å². The first kappa shape index (κ1) is 17.7. The van der Waals surface area contributed by atoms with E-state index < -0.39 is 9.85 Å². The van der Waals surface area contributed by atoms with Crippen molar-refractivity contribution in [3.05, 3.63) is 79.9 Å². The largest absolute Gasteiger partial charge is 0.302 e. The molecule has 1 heterocycles. The van der Waals surface area contributed by atoms with Gasteiger partial charge in [0.2, 0.25) is 0 Å². The molecule has 2 aromatic carbocycles. The third-order valence-electron chi connectivity index (χ3n) is 4.76. The molecule has 0 radical (unpaired) electrons. The van der Waals surface area contributed by atoms with Crippen molar-refractivity contribution in [1.29, 1.82) is 0 Å². The van der Waals surface area contributed by atoms with Gasteiger partial charge in [-0.25, -0.2) is 0 Å². The minimum absolute atomic E-state index is 0.00354. The SMILES string of the molecule is C[C@H]1C(=O)C[C@@H](c2ccc([N+](=O)[O-])cc2)N[C@@H]1c1ccc([N+](=O)[O-])cc1. The van der Waals surface area contributed by atoms with Gasteiger partial charge in [0.15, 0.2) is 0 Å². The summed E-state index contributed by atoms with van der Waals surface area (Å²) in [5.74, 6) is -0.193. The summed E-state index contributed by atoms with van der Waals surface area (Å²) in [7, 11) is 0. The average Bonchev–Trinajstić information content (AvgIpc) is 2.64. The number of carbonyl (C=O) groups excluding carboxylic acids is 1. The lowest BCUT2D eigenvalue weighted by molar-refractivity contribution is -0.385. The summed E-state index contributed by atoms with van der Waals surface area (Å²) in [4.78, 5) is 33.1. The van der Waals surface area contributed by atoms with Crippen molar-refractivity contribution in [2.45, 2.75) is 25.4 Å². The zero-order valence-corrected chi connectivity index (χ0v) is 14.0. The number of Topliss-reactive ketones (excluding diaryl/α,β-unsaturated/α-hetero) is 1. The van der Waals surface area contributed by atoms with E-state index in [4.69, 9.17) is 0 Å². The van der Waals surface area contributed by atoms with Crippen molar-refractivity contribution in [3.8, 4) is 0 Å². The number of nitrogens with zero attached hydrogens (tertiary/aromatic N) is 2. The van der Waals surface area contributed by atoms with Crippen LogP contribution >= 0.6 is 0 Å². The molecule has 8 heteroatoms. The molecule has 0 amide bonds. The van der Waals surface area contributed by atoms with Crippen LogP contribution in [-0.4, -0.2) is 15.6 Å². The number of nitro groups is 2. The van der Waals surface area contributed by atoms with Crippen LogP contribution in [0.5, 0.6) is 0 Å². The first-order valence-corrected chi connectivity index (χ1v) is 8.14. The predicted molar refractivity (Wildman–Crippen MR) is 93.6 cm³/mol. The number of carbonyl (C=O) groups is 1. The van der Waals surface area contributed by atoms with Gasteiger partial charge in [0.1, 0.15) is 5.78 Å². The zero-order valence-electron chi connectivity index (χ0n) is 14.0. The van der Waals surface area contributed by atoms with Crippen molar-refractivity contribution in [2.75, 3.05) is 0 Å². The van der Waals surface area contributed by atoms with Crippen LogP contribution in [0.25, 0.3) is 0 Å². The second-order valence-electron chi connectivity index (χ2n) is 6.35. The monoisotopic (exact) mass is 355 g/mol. The molecule has 2 aromatic rings. The predicted octanol–water partition coefficient (Wildman–Crippen LogP) is 3.48. The zero-order chi connectivity index (χ0) is 18.8. The topological polar surface area (TPSA) is 115 Å². The molecule has 1 saturated heterocycles. The van der Waals surface area contributed by atoms with Crippen LogP contribution in [0.4, 0.5) is 11.4 Å². The Kier molecular flexibility index (Phi) is 4.77. The average molecular weight is 355 g/mol. The quantitative estimate of drug-likeness (QED) is 0.663.